The van der Waals surface area contributed by atoms with Crippen LogP contribution in [0.3, 0.4) is 0 Å². The van der Waals surface area contributed by atoms with Gasteiger partial charge in [0.2, 0.25) is 5.91 Å². The van der Waals surface area contributed by atoms with Crippen molar-refractivity contribution in [3.63, 3.8) is 0 Å². The minimum absolute atomic E-state index is 0.0344. The van der Waals surface area contributed by atoms with Gasteiger partial charge in [0.05, 0.1) is 11.3 Å². The topological polar surface area (TPSA) is 105 Å². The molecule has 0 aromatic heterocycles. The van der Waals surface area contributed by atoms with Crippen molar-refractivity contribution in [3.05, 3.63) is 100 Å². The zero-order chi connectivity index (χ0) is 24.1. The zero-order valence-electron chi connectivity index (χ0n) is 18.0. The van der Waals surface area contributed by atoms with Gasteiger partial charge in [-0.1, -0.05) is 60.7 Å². The van der Waals surface area contributed by atoms with Gasteiger partial charge in [-0.3, -0.25) is 4.79 Å². The fourth-order valence-corrected chi connectivity index (χ4v) is 4.42. The Morgan fingerprint density at radius 3 is 2.24 bits per heavy atom. The Morgan fingerprint density at radius 2 is 1.59 bits per heavy atom. The maximum Gasteiger partial charge on any atom is 0.407 e. The molecule has 1 aliphatic rings. The van der Waals surface area contributed by atoms with Crippen LogP contribution in [-0.2, 0) is 9.53 Å². The van der Waals surface area contributed by atoms with Crippen LogP contribution < -0.4 is 10.6 Å². The molecule has 8 heteroatoms. The van der Waals surface area contributed by atoms with Crippen LogP contribution >= 0.6 is 15.9 Å². The number of ether oxygens (including phenoxy) is 1. The van der Waals surface area contributed by atoms with E-state index >= 15 is 0 Å². The number of nitrogens with one attached hydrogen (secondary N) is 2. The van der Waals surface area contributed by atoms with Crippen LogP contribution in [0, 0.1) is 0 Å². The van der Waals surface area contributed by atoms with Crippen molar-refractivity contribution < 1.29 is 24.2 Å². The Morgan fingerprint density at radius 1 is 0.941 bits per heavy atom. The first-order chi connectivity index (χ1) is 16.5. The van der Waals surface area contributed by atoms with E-state index in [0.29, 0.717) is 4.47 Å². The number of hydrogen-bond acceptors (Lipinski definition) is 4. The molecule has 4 rings (SSSR count). The van der Waals surface area contributed by atoms with E-state index in [1.165, 1.54) is 18.2 Å². The van der Waals surface area contributed by atoms with Crippen molar-refractivity contribution >= 4 is 39.6 Å². The van der Waals surface area contributed by atoms with Crippen LogP contribution in [0.1, 0.15) is 27.4 Å². The molecule has 0 fully saturated rings. The molecule has 34 heavy (non-hydrogen) atoms. The maximum atomic E-state index is 12.2. The molecule has 1 aliphatic carbocycles. The molecule has 2 amide bonds. The Bertz CT molecular complexity index is 1240. The highest BCUT2D eigenvalue weighted by Gasteiger charge is 2.28. The van der Waals surface area contributed by atoms with Gasteiger partial charge >= 0.3 is 12.1 Å². The number of benzene rings is 3. The SMILES string of the molecule is O=C(/C=C/CNC(=O)OCC1c2ccccc2-c2ccccc21)Nc1c(Br)cccc1C(=O)O. The lowest BCUT2D eigenvalue weighted by atomic mass is 9.98. The van der Waals surface area contributed by atoms with Crippen molar-refractivity contribution in [2.24, 2.45) is 0 Å². The average Bonchev–Trinajstić information content (AvgIpc) is 3.15. The lowest BCUT2D eigenvalue weighted by Gasteiger charge is -2.14. The molecule has 0 atom stereocenters. The minimum Gasteiger partial charge on any atom is -0.478 e. The number of carbonyl (C=O) groups excluding carboxylic acids is 2. The summed E-state index contributed by atoms with van der Waals surface area (Å²) in [4.78, 5) is 35.7. The summed E-state index contributed by atoms with van der Waals surface area (Å²) in [7, 11) is 0. The number of alkyl carbamates (subject to hydrolysis) is 1. The van der Waals surface area contributed by atoms with E-state index < -0.39 is 18.0 Å². The molecular weight excluding hydrogens is 500 g/mol. The third-order valence-corrected chi connectivity index (χ3v) is 6.13. The van der Waals surface area contributed by atoms with Crippen LogP contribution in [0.4, 0.5) is 10.5 Å². The summed E-state index contributed by atoms with van der Waals surface area (Å²) in [5.41, 5.74) is 4.68. The predicted octanol–water partition coefficient (Wildman–Crippen LogP) is 5.18. The molecule has 0 saturated heterocycles. The fourth-order valence-electron chi connectivity index (χ4n) is 3.95. The van der Waals surface area contributed by atoms with Crippen molar-refractivity contribution in [3.8, 4) is 11.1 Å². The molecule has 3 aromatic rings. The summed E-state index contributed by atoms with van der Waals surface area (Å²) < 4.78 is 5.89. The number of hydrogen-bond donors (Lipinski definition) is 3. The Labute approximate surface area is 204 Å². The van der Waals surface area contributed by atoms with Gasteiger partial charge in [-0.25, -0.2) is 9.59 Å². The molecule has 0 heterocycles. The lowest BCUT2D eigenvalue weighted by molar-refractivity contribution is -0.111. The molecule has 7 nitrogen and oxygen atoms in total. The van der Waals surface area contributed by atoms with Crippen LogP contribution in [0.15, 0.2) is 83.4 Å². The summed E-state index contributed by atoms with van der Waals surface area (Å²) in [5.74, 6) is -1.71. The number of carboxylic acid groups (broad SMARTS) is 1. The summed E-state index contributed by atoms with van der Waals surface area (Å²) in [6, 6.07) is 20.7. The van der Waals surface area contributed by atoms with Crippen LogP contribution in [0.25, 0.3) is 11.1 Å². The molecule has 0 saturated carbocycles. The third kappa shape index (κ3) is 5.02. The van der Waals surface area contributed by atoms with Gasteiger partial charge in [-0.15, -0.1) is 0 Å². The summed E-state index contributed by atoms with van der Waals surface area (Å²) in [6.45, 7) is 0.274. The largest absolute Gasteiger partial charge is 0.478 e. The lowest BCUT2D eigenvalue weighted by Crippen LogP contribution is -2.26. The second kappa shape index (κ2) is 10.4. The van der Waals surface area contributed by atoms with E-state index in [-0.39, 0.29) is 30.3 Å². The number of rotatable bonds is 7. The average molecular weight is 521 g/mol. The van der Waals surface area contributed by atoms with Gasteiger partial charge in [0.15, 0.2) is 0 Å². The Balaban J connectivity index is 1.29. The molecule has 3 N–H and O–H groups in total. The first-order valence-electron chi connectivity index (χ1n) is 10.5. The van der Waals surface area contributed by atoms with E-state index in [2.05, 4.69) is 38.7 Å². The summed E-state index contributed by atoms with van der Waals surface area (Å²) >= 11 is 3.23. The number of carbonyl (C=O) groups is 3. The normalized spacial score (nSPS) is 12.1. The van der Waals surface area contributed by atoms with E-state index in [9.17, 15) is 19.5 Å². The molecule has 0 aliphatic heterocycles. The molecule has 0 radical (unpaired) electrons. The number of fused-ring (bicyclic) bond motifs is 3. The van der Waals surface area contributed by atoms with Crippen molar-refractivity contribution in [2.75, 3.05) is 18.5 Å². The number of carboxylic acids is 1. The van der Waals surface area contributed by atoms with Crippen molar-refractivity contribution in [1.29, 1.82) is 0 Å². The number of halogens is 1. The van der Waals surface area contributed by atoms with E-state index in [0.717, 1.165) is 22.3 Å². The second-order valence-electron chi connectivity index (χ2n) is 7.57. The van der Waals surface area contributed by atoms with Crippen LogP contribution in [-0.4, -0.2) is 36.2 Å². The fraction of sp³-hybridized carbons (Fsp3) is 0.115. The Kier molecular flexibility index (Phi) is 7.08. The summed E-state index contributed by atoms with van der Waals surface area (Å²) in [5, 5.41) is 14.4. The molecule has 0 bridgehead atoms. The third-order valence-electron chi connectivity index (χ3n) is 5.47. The predicted molar refractivity (Wildman–Crippen MR) is 132 cm³/mol. The summed E-state index contributed by atoms with van der Waals surface area (Å²) in [6.07, 6.45) is 2.08. The smallest absolute Gasteiger partial charge is 0.407 e. The maximum absolute atomic E-state index is 12.2. The highest BCUT2D eigenvalue weighted by Crippen LogP contribution is 2.44. The van der Waals surface area contributed by atoms with Crippen molar-refractivity contribution in [1.82, 2.24) is 5.32 Å². The molecular formula is C26H21BrN2O5. The molecule has 172 valence electrons. The van der Waals surface area contributed by atoms with Gasteiger partial charge in [-0.05, 0) is 50.3 Å². The number of amides is 2. The van der Waals surface area contributed by atoms with E-state index in [1.54, 1.807) is 12.1 Å². The van der Waals surface area contributed by atoms with E-state index in [4.69, 9.17) is 4.74 Å². The first-order valence-corrected chi connectivity index (χ1v) is 11.3. The molecule has 3 aromatic carbocycles. The highest BCUT2D eigenvalue weighted by atomic mass is 79.9. The van der Waals surface area contributed by atoms with Gasteiger partial charge in [0, 0.05) is 23.0 Å². The van der Waals surface area contributed by atoms with Gasteiger partial charge in [0.25, 0.3) is 0 Å². The second-order valence-corrected chi connectivity index (χ2v) is 8.42. The van der Waals surface area contributed by atoms with Crippen molar-refractivity contribution in [2.45, 2.75) is 5.92 Å². The molecule has 0 unspecified atom stereocenters. The zero-order valence-corrected chi connectivity index (χ0v) is 19.5. The van der Waals surface area contributed by atoms with Gasteiger partial charge in [-0.2, -0.15) is 0 Å². The Hall–Kier alpha value is -3.91. The van der Waals surface area contributed by atoms with E-state index in [1.807, 2.05) is 36.4 Å². The monoisotopic (exact) mass is 520 g/mol. The standard InChI is InChI=1S/C26H21BrN2O5/c27-22-12-5-11-20(25(31)32)24(22)29-23(30)13-6-14-28-26(33)34-15-21-18-9-3-1-7-16(18)17-8-2-4-10-19(17)21/h1-13,21H,14-15H2,(H,28,33)(H,29,30)(H,31,32)/b13-6+. The molecule has 0 spiro atoms. The minimum atomic E-state index is -1.16. The van der Waals surface area contributed by atoms with Gasteiger partial charge < -0.3 is 20.5 Å². The number of aromatic carboxylic acids is 1. The number of anilines is 1. The van der Waals surface area contributed by atoms with Crippen LogP contribution in [0.5, 0.6) is 0 Å². The van der Waals surface area contributed by atoms with Gasteiger partial charge in [0.1, 0.15) is 6.61 Å². The van der Waals surface area contributed by atoms with Crippen LogP contribution in [0.2, 0.25) is 0 Å². The highest BCUT2D eigenvalue weighted by molar-refractivity contribution is 9.10. The quantitative estimate of drug-likeness (QED) is 0.372. The first kappa shape index (κ1) is 23.3. The number of para-hydroxylation sites is 1.